The van der Waals surface area contributed by atoms with Crippen molar-refractivity contribution in [1.29, 1.82) is 0 Å². The second-order valence-electron chi connectivity index (χ2n) is 5.59. The van der Waals surface area contributed by atoms with Gasteiger partial charge in [-0.3, -0.25) is 10.1 Å². The van der Waals surface area contributed by atoms with Crippen LogP contribution in [0.2, 0.25) is 5.02 Å². The van der Waals surface area contributed by atoms with E-state index in [1.54, 1.807) is 24.3 Å². The Bertz CT molecular complexity index is 1130. The number of para-hydroxylation sites is 2. The number of anilines is 1. The fraction of sp³-hybridized carbons (Fsp3) is 0. The summed E-state index contributed by atoms with van der Waals surface area (Å²) in [5.41, 5.74) is 4.72. The molecule has 0 aliphatic carbocycles. The van der Waals surface area contributed by atoms with Crippen LogP contribution in [-0.4, -0.2) is 21.1 Å². The highest BCUT2D eigenvalue weighted by Crippen LogP contribution is 2.33. The van der Waals surface area contributed by atoms with Crippen molar-refractivity contribution in [1.82, 2.24) is 9.97 Å². The minimum absolute atomic E-state index is 0.124. The van der Waals surface area contributed by atoms with Crippen LogP contribution < -0.4 is 5.43 Å². The Morgan fingerprint density at radius 1 is 1.22 bits per heavy atom. The number of fused-ring (bicyclic) bond motifs is 1. The van der Waals surface area contributed by atoms with Gasteiger partial charge >= 0.3 is 0 Å². The van der Waals surface area contributed by atoms with Crippen LogP contribution in [0.25, 0.3) is 22.4 Å². The average Bonchev–Trinajstić information content (AvgIpc) is 3.28. The van der Waals surface area contributed by atoms with E-state index < -0.39 is 4.92 Å². The van der Waals surface area contributed by atoms with Crippen LogP contribution in [0, 0.1) is 10.1 Å². The lowest BCUT2D eigenvalue weighted by atomic mass is 10.1. The topological polar surface area (TPSA) is 109 Å². The van der Waals surface area contributed by atoms with Crippen LogP contribution in [-0.2, 0) is 0 Å². The minimum atomic E-state index is -0.499. The van der Waals surface area contributed by atoms with Crippen LogP contribution in [0.1, 0.15) is 5.76 Å². The highest BCUT2D eigenvalue weighted by Gasteiger charge is 2.18. The number of H-pyrrole nitrogens is 1. The maximum atomic E-state index is 11.2. The molecule has 2 heterocycles. The number of imidazole rings is 1. The van der Waals surface area contributed by atoms with Gasteiger partial charge in [0.15, 0.2) is 0 Å². The van der Waals surface area contributed by atoms with Gasteiger partial charge in [-0.2, -0.15) is 5.10 Å². The van der Waals surface area contributed by atoms with Crippen molar-refractivity contribution in [3.8, 4) is 11.3 Å². The number of aromatic amines is 1. The van der Waals surface area contributed by atoms with Gasteiger partial charge in [0.2, 0.25) is 5.95 Å². The molecule has 4 aromatic rings. The number of nitrogens with zero attached hydrogens (tertiary/aromatic N) is 3. The summed E-state index contributed by atoms with van der Waals surface area (Å²) in [6, 6.07) is 15.3. The Morgan fingerprint density at radius 2 is 2.07 bits per heavy atom. The summed E-state index contributed by atoms with van der Waals surface area (Å²) in [6.07, 6.45) is 1.46. The fourth-order valence-electron chi connectivity index (χ4n) is 2.59. The Kier molecular flexibility index (Phi) is 4.31. The van der Waals surface area contributed by atoms with Gasteiger partial charge in [0.1, 0.15) is 11.5 Å². The smallest absolute Gasteiger partial charge is 0.281 e. The normalized spacial score (nSPS) is 11.3. The number of hydrazone groups is 1. The molecule has 8 nitrogen and oxygen atoms in total. The molecule has 134 valence electrons. The first-order valence-electron chi connectivity index (χ1n) is 7.88. The first kappa shape index (κ1) is 16.8. The molecular weight excluding hydrogens is 370 g/mol. The number of hydrogen-bond acceptors (Lipinski definition) is 6. The van der Waals surface area contributed by atoms with Gasteiger partial charge in [-0.1, -0.05) is 23.7 Å². The highest BCUT2D eigenvalue weighted by molar-refractivity contribution is 6.30. The number of nitro benzene ring substituents is 1. The lowest BCUT2D eigenvalue weighted by Gasteiger charge is -2.00. The molecule has 9 heteroatoms. The molecule has 27 heavy (non-hydrogen) atoms. The monoisotopic (exact) mass is 381 g/mol. The lowest BCUT2D eigenvalue weighted by Crippen LogP contribution is -1.92. The average molecular weight is 382 g/mol. The van der Waals surface area contributed by atoms with Crippen molar-refractivity contribution in [2.75, 3.05) is 5.43 Å². The van der Waals surface area contributed by atoms with Crippen LogP contribution in [0.4, 0.5) is 11.6 Å². The second-order valence-corrected chi connectivity index (χ2v) is 6.03. The molecular formula is C18H12ClN5O3. The number of nitro groups is 1. The van der Waals surface area contributed by atoms with Gasteiger partial charge in [0.25, 0.3) is 5.69 Å². The number of halogens is 1. The molecule has 0 bridgehead atoms. The van der Waals surface area contributed by atoms with E-state index in [0.29, 0.717) is 23.0 Å². The van der Waals surface area contributed by atoms with Crippen LogP contribution >= 0.6 is 11.6 Å². The van der Waals surface area contributed by atoms with E-state index in [1.807, 2.05) is 24.3 Å². The highest BCUT2D eigenvalue weighted by atomic mass is 35.5. The third-order valence-corrected chi connectivity index (χ3v) is 4.04. The van der Waals surface area contributed by atoms with Gasteiger partial charge in [0.05, 0.1) is 27.7 Å². The van der Waals surface area contributed by atoms with Crippen molar-refractivity contribution >= 4 is 40.5 Å². The molecule has 2 aromatic heterocycles. The summed E-state index contributed by atoms with van der Waals surface area (Å²) in [6.45, 7) is 0. The number of benzene rings is 2. The Morgan fingerprint density at radius 3 is 2.89 bits per heavy atom. The fourth-order valence-corrected chi connectivity index (χ4v) is 2.76. The molecule has 4 rings (SSSR count). The molecule has 2 aromatic carbocycles. The van der Waals surface area contributed by atoms with E-state index >= 15 is 0 Å². The Hall–Kier alpha value is -3.65. The molecule has 0 aliphatic rings. The van der Waals surface area contributed by atoms with E-state index in [-0.39, 0.29) is 10.7 Å². The molecule has 0 unspecified atom stereocenters. The number of aromatic nitrogens is 2. The first-order valence-corrected chi connectivity index (χ1v) is 8.26. The van der Waals surface area contributed by atoms with Crippen molar-refractivity contribution in [3.05, 3.63) is 75.5 Å². The molecule has 0 atom stereocenters. The molecule has 0 spiro atoms. The van der Waals surface area contributed by atoms with E-state index in [2.05, 4.69) is 20.5 Å². The van der Waals surface area contributed by atoms with Crippen LogP contribution in [0.3, 0.4) is 0 Å². The molecule has 0 amide bonds. The zero-order valence-electron chi connectivity index (χ0n) is 13.7. The van der Waals surface area contributed by atoms with Gasteiger partial charge in [0, 0.05) is 11.1 Å². The SMILES string of the molecule is O=[N+]([O-])c1cc(Cl)ccc1-c1ccc(/C=N\Nc2nc3ccccc3[nH]2)o1. The third-order valence-electron chi connectivity index (χ3n) is 3.80. The van der Waals surface area contributed by atoms with E-state index in [4.69, 9.17) is 16.0 Å². The predicted molar refractivity (Wildman–Crippen MR) is 103 cm³/mol. The van der Waals surface area contributed by atoms with Crippen molar-refractivity contribution in [3.63, 3.8) is 0 Å². The second kappa shape index (κ2) is 6.93. The molecule has 2 N–H and O–H groups in total. The van der Waals surface area contributed by atoms with Crippen LogP contribution in [0.15, 0.2) is 64.1 Å². The van der Waals surface area contributed by atoms with Crippen molar-refractivity contribution < 1.29 is 9.34 Å². The lowest BCUT2D eigenvalue weighted by molar-refractivity contribution is -0.384. The van der Waals surface area contributed by atoms with E-state index in [0.717, 1.165) is 11.0 Å². The van der Waals surface area contributed by atoms with Gasteiger partial charge in [-0.25, -0.2) is 10.4 Å². The van der Waals surface area contributed by atoms with Gasteiger partial charge in [-0.15, -0.1) is 0 Å². The maximum Gasteiger partial charge on any atom is 0.281 e. The summed E-state index contributed by atoms with van der Waals surface area (Å²) >= 11 is 5.84. The molecule has 0 aliphatic heterocycles. The summed E-state index contributed by atoms with van der Waals surface area (Å²) in [5, 5.41) is 15.6. The first-order chi connectivity index (χ1) is 13.1. The standard InChI is InChI=1S/C18H12ClN5O3/c19-11-5-7-13(16(9-11)24(25)26)17-8-6-12(27-17)10-20-23-18-21-14-3-1-2-4-15(14)22-18/h1-10H,(H2,21,22,23)/b20-10-. The number of nitrogens with one attached hydrogen (secondary N) is 2. The quantitative estimate of drug-likeness (QED) is 0.292. The Balaban J connectivity index is 1.53. The van der Waals surface area contributed by atoms with Gasteiger partial charge < -0.3 is 9.40 Å². The molecule has 0 radical (unpaired) electrons. The molecule has 0 saturated heterocycles. The molecule has 0 saturated carbocycles. The summed E-state index contributed by atoms with van der Waals surface area (Å²) in [5.74, 6) is 1.27. The van der Waals surface area contributed by atoms with Crippen LogP contribution in [0.5, 0.6) is 0 Å². The Labute approximate surface area is 157 Å². The van der Waals surface area contributed by atoms with E-state index in [1.165, 1.54) is 12.3 Å². The zero-order chi connectivity index (χ0) is 18.8. The van der Waals surface area contributed by atoms with Crippen molar-refractivity contribution in [2.45, 2.75) is 0 Å². The minimum Gasteiger partial charge on any atom is -0.455 e. The summed E-state index contributed by atoms with van der Waals surface area (Å²) < 4.78 is 5.63. The molecule has 0 fully saturated rings. The zero-order valence-corrected chi connectivity index (χ0v) is 14.5. The van der Waals surface area contributed by atoms with Crippen molar-refractivity contribution in [2.24, 2.45) is 5.10 Å². The summed E-state index contributed by atoms with van der Waals surface area (Å²) in [7, 11) is 0. The third kappa shape index (κ3) is 3.51. The maximum absolute atomic E-state index is 11.2. The number of hydrogen-bond donors (Lipinski definition) is 2. The predicted octanol–water partition coefficient (Wildman–Crippen LogP) is 4.83. The number of rotatable bonds is 5. The summed E-state index contributed by atoms with van der Waals surface area (Å²) in [4.78, 5) is 18.1. The largest absolute Gasteiger partial charge is 0.455 e. The number of furan rings is 1. The van der Waals surface area contributed by atoms with Gasteiger partial charge in [-0.05, 0) is 36.4 Å². The van der Waals surface area contributed by atoms with E-state index in [9.17, 15) is 10.1 Å².